The van der Waals surface area contributed by atoms with Crippen molar-refractivity contribution >= 4 is 23.7 Å². The van der Waals surface area contributed by atoms with Gasteiger partial charge in [0.1, 0.15) is 23.3 Å². The third kappa shape index (κ3) is 5.06. The number of amides is 2. The minimum atomic E-state index is -0.545. The van der Waals surface area contributed by atoms with E-state index in [9.17, 15) is 14.0 Å². The molecule has 1 aromatic heterocycles. The molecule has 0 atom stereocenters. The summed E-state index contributed by atoms with van der Waals surface area (Å²) in [5.74, 6) is -0.477. The maximum absolute atomic E-state index is 14.4. The van der Waals surface area contributed by atoms with Crippen molar-refractivity contribution in [3.05, 3.63) is 53.6 Å². The minimum absolute atomic E-state index is 0.0682. The van der Waals surface area contributed by atoms with Gasteiger partial charge in [-0.25, -0.2) is 14.4 Å². The van der Waals surface area contributed by atoms with Gasteiger partial charge in [-0.05, 0) is 29.8 Å². The number of rotatable bonds is 6. The van der Waals surface area contributed by atoms with Crippen LogP contribution in [0.3, 0.4) is 0 Å². The molecule has 1 saturated heterocycles. The zero-order chi connectivity index (χ0) is 20.8. The number of hydrazine groups is 1. The lowest BCUT2D eigenvalue weighted by atomic mass is 10.1. The van der Waals surface area contributed by atoms with Gasteiger partial charge in [0.05, 0.1) is 11.9 Å². The highest BCUT2D eigenvalue weighted by molar-refractivity contribution is 5.79. The average Bonchev–Trinajstić information content (AvgIpc) is 2.74. The predicted molar refractivity (Wildman–Crippen MR) is 105 cm³/mol. The highest BCUT2D eigenvalue weighted by Gasteiger charge is 2.19. The number of piperazine rings is 1. The van der Waals surface area contributed by atoms with Crippen molar-refractivity contribution in [1.82, 2.24) is 14.8 Å². The molecule has 0 aliphatic carbocycles. The van der Waals surface area contributed by atoms with Crippen LogP contribution in [0, 0.1) is 17.1 Å². The first kappa shape index (κ1) is 20.2. The predicted octanol–water partition coefficient (Wildman–Crippen LogP) is 1.75. The number of anilines is 2. The molecule has 2 aromatic rings. The number of nitrogens with zero attached hydrogens (tertiary/aromatic N) is 5. The summed E-state index contributed by atoms with van der Waals surface area (Å²) in [6, 6.07) is 9.61. The number of hydrogen-bond acceptors (Lipinski definition) is 6. The largest absolute Gasteiger partial charge is 0.340 e. The first-order valence-electron chi connectivity index (χ1n) is 9.14. The maximum Gasteiger partial charge on any atom is 0.232 e. The summed E-state index contributed by atoms with van der Waals surface area (Å²) in [4.78, 5) is 30.9. The standard InChI is InChI=1S/C20H21FN6O2/c1-15(29)26-8-6-25(7-9-26)13-16-2-5-19(21)20(10-16)27(14-28)24-18-4-3-17(11-22)23-12-18/h2-5,10,12,14,24H,6-9,13H2,1H3. The molecule has 2 heterocycles. The van der Waals surface area contributed by atoms with E-state index < -0.39 is 5.82 Å². The molecule has 9 heteroatoms. The monoisotopic (exact) mass is 396 g/mol. The first-order chi connectivity index (χ1) is 14.0. The Kier molecular flexibility index (Phi) is 6.36. The number of nitriles is 1. The fourth-order valence-electron chi connectivity index (χ4n) is 3.13. The third-order valence-electron chi connectivity index (χ3n) is 4.73. The van der Waals surface area contributed by atoms with E-state index in [2.05, 4.69) is 15.3 Å². The van der Waals surface area contributed by atoms with Gasteiger partial charge in [-0.3, -0.25) is 19.9 Å². The summed E-state index contributed by atoms with van der Waals surface area (Å²) in [5, 5.41) is 9.84. The molecule has 1 aliphatic rings. The van der Waals surface area contributed by atoms with Gasteiger partial charge in [-0.15, -0.1) is 0 Å². The summed E-state index contributed by atoms with van der Waals surface area (Å²) < 4.78 is 14.4. The van der Waals surface area contributed by atoms with Gasteiger partial charge in [0.25, 0.3) is 0 Å². The molecule has 2 amide bonds. The lowest BCUT2D eigenvalue weighted by molar-refractivity contribution is -0.130. The summed E-state index contributed by atoms with van der Waals surface area (Å²) >= 11 is 0. The Labute approximate surface area is 168 Å². The number of carbonyl (C=O) groups is 2. The normalized spacial score (nSPS) is 14.2. The van der Waals surface area contributed by atoms with E-state index in [1.165, 1.54) is 18.3 Å². The molecular weight excluding hydrogens is 375 g/mol. The van der Waals surface area contributed by atoms with E-state index in [4.69, 9.17) is 5.26 Å². The van der Waals surface area contributed by atoms with Crippen LogP contribution < -0.4 is 10.4 Å². The van der Waals surface area contributed by atoms with E-state index in [0.29, 0.717) is 31.7 Å². The summed E-state index contributed by atoms with van der Waals surface area (Å²) in [6.07, 6.45) is 1.87. The summed E-state index contributed by atoms with van der Waals surface area (Å²) in [5.41, 5.74) is 4.41. The smallest absolute Gasteiger partial charge is 0.232 e. The van der Waals surface area contributed by atoms with Crippen molar-refractivity contribution < 1.29 is 14.0 Å². The van der Waals surface area contributed by atoms with Crippen LogP contribution in [0.4, 0.5) is 15.8 Å². The van der Waals surface area contributed by atoms with Gasteiger partial charge < -0.3 is 4.90 Å². The van der Waals surface area contributed by atoms with Crippen LogP contribution in [0.15, 0.2) is 36.5 Å². The van der Waals surface area contributed by atoms with Crippen LogP contribution in [-0.4, -0.2) is 53.3 Å². The van der Waals surface area contributed by atoms with Gasteiger partial charge in [-0.2, -0.15) is 5.26 Å². The van der Waals surface area contributed by atoms with Crippen LogP contribution in [0.1, 0.15) is 18.2 Å². The number of nitrogens with one attached hydrogen (secondary N) is 1. The molecule has 0 saturated carbocycles. The second kappa shape index (κ2) is 9.12. The molecule has 3 rings (SSSR count). The molecule has 0 unspecified atom stereocenters. The average molecular weight is 396 g/mol. The Hall–Kier alpha value is -3.51. The number of benzene rings is 1. The zero-order valence-electron chi connectivity index (χ0n) is 16.0. The van der Waals surface area contributed by atoms with Crippen LogP contribution in [-0.2, 0) is 16.1 Å². The van der Waals surface area contributed by atoms with Crippen LogP contribution in [0.2, 0.25) is 0 Å². The van der Waals surface area contributed by atoms with Crippen molar-refractivity contribution in [3.63, 3.8) is 0 Å². The Bertz CT molecular complexity index is 920. The molecule has 1 N–H and O–H groups in total. The number of halogens is 1. The summed E-state index contributed by atoms with van der Waals surface area (Å²) in [7, 11) is 0. The van der Waals surface area contributed by atoms with E-state index in [0.717, 1.165) is 23.7 Å². The fourth-order valence-corrected chi connectivity index (χ4v) is 3.13. The lowest BCUT2D eigenvalue weighted by Crippen LogP contribution is -2.47. The molecule has 1 aromatic carbocycles. The highest BCUT2D eigenvalue weighted by atomic mass is 19.1. The molecule has 0 spiro atoms. The minimum Gasteiger partial charge on any atom is -0.340 e. The first-order valence-corrected chi connectivity index (χ1v) is 9.14. The number of pyridine rings is 1. The molecule has 29 heavy (non-hydrogen) atoms. The van der Waals surface area contributed by atoms with Crippen molar-refractivity contribution in [2.45, 2.75) is 13.5 Å². The molecule has 0 bridgehead atoms. The topological polar surface area (TPSA) is 92.6 Å². The second-order valence-electron chi connectivity index (χ2n) is 6.70. The Morgan fingerprint density at radius 3 is 2.66 bits per heavy atom. The van der Waals surface area contributed by atoms with Gasteiger partial charge in [0, 0.05) is 39.6 Å². The van der Waals surface area contributed by atoms with E-state index in [1.807, 2.05) is 6.07 Å². The number of hydrogen-bond donors (Lipinski definition) is 1. The highest BCUT2D eigenvalue weighted by Crippen LogP contribution is 2.22. The van der Waals surface area contributed by atoms with Crippen LogP contribution in [0.5, 0.6) is 0 Å². The molecule has 150 valence electrons. The van der Waals surface area contributed by atoms with Crippen molar-refractivity contribution in [2.75, 3.05) is 36.6 Å². The second-order valence-corrected chi connectivity index (χ2v) is 6.70. The number of aromatic nitrogens is 1. The number of carbonyl (C=O) groups excluding carboxylic acids is 2. The van der Waals surface area contributed by atoms with E-state index in [-0.39, 0.29) is 17.3 Å². The lowest BCUT2D eigenvalue weighted by Gasteiger charge is -2.34. The molecule has 1 fully saturated rings. The van der Waals surface area contributed by atoms with Crippen LogP contribution >= 0.6 is 0 Å². The fraction of sp³-hybridized carbons (Fsp3) is 0.300. The van der Waals surface area contributed by atoms with Gasteiger partial charge in [-0.1, -0.05) is 6.07 Å². The molecular formula is C20H21FN6O2. The van der Waals surface area contributed by atoms with Crippen molar-refractivity contribution in [2.24, 2.45) is 0 Å². The van der Waals surface area contributed by atoms with Gasteiger partial charge in [0.2, 0.25) is 12.3 Å². The molecule has 0 radical (unpaired) electrons. The van der Waals surface area contributed by atoms with Crippen molar-refractivity contribution in [3.8, 4) is 6.07 Å². The third-order valence-corrected chi connectivity index (χ3v) is 4.73. The van der Waals surface area contributed by atoms with Crippen LogP contribution in [0.25, 0.3) is 0 Å². The molecule has 1 aliphatic heterocycles. The van der Waals surface area contributed by atoms with E-state index >= 15 is 0 Å². The Morgan fingerprint density at radius 1 is 1.31 bits per heavy atom. The molecule has 8 nitrogen and oxygen atoms in total. The zero-order valence-corrected chi connectivity index (χ0v) is 16.0. The summed E-state index contributed by atoms with van der Waals surface area (Å²) in [6.45, 7) is 4.95. The van der Waals surface area contributed by atoms with Crippen molar-refractivity contribution in [1.29, 1.82) is 5.26 Å². The SMILES string of the molecule is CC(=O)N1CCN(Cc2ccc(F)c(N(C=O)Nc3ccc(C#N)nc3)c2)CC1. The van der Waals surface area contributed by atoms with E-state index in [1.54, 1.807) is 30.0 Å². The Balaban J connectivity index is 1.70. The Morgan fingerprint density at radius 2 is 2.07 bits per heavy atom. The van der Waals surface area contributed by atoms with Gasteiger partial charge >= 0.3 is 0 Å². The maximum atomic E-state index is 14.4. The quantitative estimate of drug-likeness (QED) is 0.591. The van der Waals surface area contributed by atoms with Gasteiger partial charge in [0.15, 0.2) is 0 Å².